The van der Waals surface area contributed by atoms with E-state index in [1.807, 2.05) is 0 Å². The van der Waals surface area contributed by atoms with Crippen LogP contribution in [0.3, 0.4) is 0 Å². The molecule has 0 bridgehead atoms. The number of halogens is 2. The van der Waals surface area contributed by atoms with Crippen LogP contribution in [0.2, 0.25) is 5.02 Å². The van der Waals surface area contributed by atoms with Gasteiger partial charge in [0, 0.05) is 10.6 Å². The molecule has 0 radical (unpaired) electrons. The molecule has 0 aliphatic carbocycles. The van der Waals surface area contributed by atoms with Gasteiger partial charge in [-0.05, 0) is 64.8 Å². The Balaban J connectivity index is 1.88. The zero-order chi connectivity index (χ0) is 19.8. The molecule has 0 unspecified atom stereocenters. The molecule has 27 heavy (non-hydrogen) atoms. The number of rotatable bonds is 7. The van der Waals surface area contributed by atoms with Crippen LogP contribution in [-0.2, 0) is 4.79 Å². The Hall–Kier alpha value is -2.58. The van der Waals surface area contributed by atoms with Crippen LogP contribution in [0.1, 0.15) is 22.8 Å². The zero-order valence-electron chi connectivity index (χ0n) is 14.3. The summed E-state index contributed by atoms with van der Waals surface area (Å²) in [6.07, 6.45) is 1.39. The number of ether oxygens (including phenoxy) is 1. The second-order valence-corrected chi connectivity index (χ2v) is 6.56. The van der Waals surface area contributed by atoms with Gasteiger partial charge in [-0.1, -0.05) is 11.6 Å². The molecule has 0 atom stereocenters. The maximum Gasteiger partial charge on any atom is 0.259 e. The van der Waals surface area contributed by atoms with Crippen molar-refractivity contribution in [3.63, 3.8) is 0 Å². The first-order valence-corrected chi connectivity index (χ1v) is 9.08. The number of nitrogens with zero attached hydrogens (tertiary/aromatic N) is 1. The van der Waals surface area contributed by atoms with Crippen LogP contribution in [0.15, 0.2) is 46.0 Å². The van der Waals surface area contributed by atoms with Gasteiger partial charge in [0.05, 0.1) is 23.8 Å². The fourth-order valence-corrected chi connectivity index (χ4v) is 2.60. The quantitative estimate of drug-likeness (QED) is 0.442. The number of aromatic hydroxyl groups is 1. The van der Waals surface area contributed by atoms with Gasteiger partial charge in [0.15, 0.2) is 11.5 Å². The summed E-state index contributed by atoms with van der Waals surface area (Å²) in [6, 6.07) is 9.51. The fraction of sp³-hybridized carbons (Fsp3) is 0.167. The van der Waals surface area contributed by atoms with E-state index in [4.69, 9.17) is 16.3 Å². The molecule has 7 nitrogen and oxygen atoms in total. The average Bonchev–Trinajstić information content (AvgIpc) is 2.64. The molecule has 0 fully saturated rings. The van der Waals surface area contributed by atoms with E-state index in [0.717, 1.165) is 0 Å². The van der Waals surface area contributed by atoms with Crippen LogP contribution in [0.4, 0.5) is 0 Å². The third kappa shape index (κ3) is 6.26. The molecule has 2 rings (SSSR count). The molecule has 0 aliphatic heterocycles. The van der Waals surface area contributed by atoms with Crippen molar-refractivity contribution in [1.29, 1.82) is 0 Å². The van der Waals surface area contributed by atoms with E-state index in [2.05, 4.69) is 31.8 Å². The highest BCUT2D eigenvalue weighted by Gasteiger charge is 2.09. The molecule has 0 aromatic heterocycles. The molecule has 3 N–H and O–H groups in total. The Morgan fingerprint density at radius 3 is 2.67 bits per heavy atom. The SMILES string of the molecule is CCOc1cc(/C=N\NC(=O)CNC(=O)c2ccc(Cl)cc2)cc(Br)c1O. The fourth-order valence-electron chi connectivity index (χ4n) is 2.02. The number of amides is 2. The molecule has 2 amide bonds. The van der Waals surface area contributed by atoms with Crippen LogP contribution < -0.4 is 15.5 Å². The van der Waals surface area contributed by atoms with Crippen LogP contribution in [-0.4, -0.2) is 36.3 Å². The molecular formula is C18H17BrClN3O4. The van der Waals surface area contributed by atoms with Crippen molar-refractivity contribution >= 4 is 45.6 Å². The van der Waals surface area contributed by atoms with E-state index in [1.165, 1.54) is 6.21 Å². The highest BCUT2D eigenvalue weighted by atomic mass is 79.9. The van der Waals surface area contributed by atoms with Gasteiger partial charge < -0.3 is 15.2 Å². The van der Waals surface area contributed by atoms with Gasteiger partial charge in [-0.25, -0.2) is 5.43 Å². The highest BCUT2D eigenvalue weighted by molar-refractivity contribution is 9.10. The summed E-state index contributed by atoms with van der Waals surface area (Å²) in [5.41, 5.74) is 3.31. The van der Waals surface area contributed by atoms with E-state index in [9.17, 15) is 14.7 Å². The predicted molar refractivity (Wildman–Crippen MR) is 106 cm³/mol. The number of phenolic OH excluding ortho intramolecular Hbond substituents is 1. The van der Waals surface area contributed by atoms with E-state index in [-0.39, 0.29) is 12.3 Å². The Bertz CT molecular complexity index is 856. The van der Waals surface area contributed by atoms with Gasteiger partial charge >= 0.3 is 0 Å². The second-order valence-electron chi connectivity index (χ2n) is 5.27. The van der Waals surface area contributed by atoms with Crippen LogP contribution in [0.5, 0.6) is 11.5 Å². The monoisotopic (exact) mass is 453 g/mol. The van der Waals surface area contributed by atoms with Gasteiger partial charge in [0.1, 0.15) is 0 Å². The molecule has 142 valence electrons. The predicted octanol–water partition coefficient (Wildman–Crippen LogP) is 3.09. The lowest BCUT2D eigenvalue weighted by atomic mass is 10.2. The third-order valence-corrected chi connectivity index (χ3v) is 4.13. The molecular weight excluding hydrogens is 438 g/mol. The second kappa shape index (κ2) is 9.94. The molecule has 9 heteroatoms. The van der Waals surface area contributed by atoms with Crippen molar-refractivity contribution in [2.75, 3.05) is 13.2 Å². The summed E-state index contributed by atoms with van der Waals surface area (Å²) < 4.78 is 5.76. The number of phenols is 1. The Labute approximate surface area is 169 Å². The van der Waals surface area contributed by atoms with Gasteiger partial charge in [-0.2, -0.15) is 5.10 Å². The number of hydrogen-bond donors (Lipinski definition) is 3. The van der Waals surface area contributed by atoms with Crippen molar-refractivity contribution in [1.82, 2.24) is 10.7 Å². The smallest absolute Gasteiger partial charge is 0.259 e. The summed E-state index contributed by atoms with van der Waals surface area (Å²) in [7, 11) is 0. The Morgan fingerprint density at radius 1 is 1.30 bits per heavy atom. The van der Waals surface area contributed by atoms with Gasteiger partial charge in [0.25, 0.3) is 11.8 Å². The largest absolute Gasteiger partial charge is 0.503 e. The van der Waals surface area contributed by atoms with E-state index >= 15 is 0 Å². The number of hydrazone groups is 1. The molecule has 0 spiro atoms. The van der Waals surface area contributed by atoms with Crippen molar-refractivity contribution in [2.24, 2.45) is 5.10 Å². The number of benzene rings is 2. The van der Waals surface area contributed by atoms with Crippen molar-refractivity contribution < 1.29 is 19.4 Å². The minimum absolute atomic E-state index is 0.0112. The maximum atomic E-state index is 11.9. The van der Waals surface area contributed by atoms with E-state index in [1.54, 1.807) is 43.3 Å². The lowest BCUT2D eigenvalue weighted by Crippen LogP contribution is -2.34. The molecule has 0 saturated carbocycles. The van der Waals surface area contributed by atoms with Crippen molar-refractivity contribution in [2.45, 2.75) is 6.92 Å². The van der Waals surface area contributed by atoms with E-state index in [0.29, 0.717) is 33.0 Å². The Morgan fingerprint density at radius 2 is 2.00 bits per heavy atom. The third-order valence-electron chi connectivity index (χ3n) is 3.27. The highest BCUT2D eigenvalue weighted by Crippen LogP contribution is 2.34. The van der Waals surface area contributed by atoms with Crippen molar-refractivity contribution in [3.05, 3.63) is 57.0 Å². The van der Waals surface area contributed by atoms with E-state index < -0.39 is 11.8 Å². The Kier molecular flexibility index (Phi) is 7.63. The summed E-state index contributed by atoms with van der Waals surface area (Å²) >= 11 is 8.98. The number of hydrogen-bond acceptors (Lipinski definition) is 5. The summed E-state index contributed by atoms with van der Waals surface area (Å²) in [5, 5.41) is 16.7. The zero-order valence-corrected chi connectivity index (χ0v) is 16.7. The normalized spacial score (nSPS) is 10.6. The topological polar surface area (TPSA) is 100 Å². The number of carbonyl (C=O) groups is 2. The summed E-state index contributed by atoms with van der Waals surface area (Å²) in [5.74, 6) is -0.594. The number of nitrogens with one attached hydrogen (secondary N) is 2. The minimum atomic E-state index is -0.489. The van der Waals surface area contributed by atoms with Crippen LogP contribution >= 0.6 is 27.5 Å². The van der Waals surface area contributed by atoms with Crippen LogP contribution in [0.25, 0.3) is 0 Å². The van der Waals surface area contributed by atoms with Gasteiger partial charge in [-0.15, -0.1) is 0 Å². The van der Waals surface area contributed by atoms with Crippen LogP contribution in [0, 0.1) is 0 Å². The molecule has 2 aromatic rings. The summed E-state index contributed by atoms with van der Waals surface area (Å²) in [4.78, 5) is 23.7. The first-order valence-electron chi connectivity index (χ1n) is 7.91. The van der Waals surface area contributed by atoms with Gasteiger partial charge in [0.2, 0.25) is 0 Å². The lowest BCUT2D eigenvalue weighted by molar-refractivity contribution is -0.120. The standard InChI is InChI=1S/C18H17BrClN3O4/c1-2-27-15-8-11(7-14(19)17(15)25)9-22-23-16(24)10-21-18(26)12-3-5-13(20)6-4-12/h3-9,25H,2,10H2,1H3,(H,21,26)(H,23,24)/b22-9-. The lowest BCUT2D eigenvalue weighted by Gasteiger charge is -2.08. The summed E-state index contributed by atoms with van der Waals surface area (Å²) in [6.45, 7) is 1.96. The molecule has 0 heterocycles. The average molecular weight is 455 g/mol. The first-order chi connectivity index (χ1) is 12.9. The molecule has 0 saturated heterocycles. The van der Waals surface area contributed by atoms with Crippen molar-refractivity contribution in [3.8, 4) is 11.5 Å². The number of carbonyl (C=O) groups excluding carboxylic acids is 2. The molecule has 0 aliphatic rings. The molecule has 2 aromatic carbocycles. The maximum absolute atomic E-state index is 11.9. The van der Waals surface area contributed by atoms with Gasteiger partial charge in [-0.3, -0.25) is 9.59 Å². The first kappa shape index (κ1) is 20.7. The minimum Gasteiger partial charge on any atom is -0.503 e.